The average molecular weight is 595 g/mol. The standard InChI is InChI=1S/C27H21BrClN5O2S/c1-16-24(26(36)34-21-8-4-19(29)5-9-21)25(17-10-12-31-13-11-17)22(14-30)27(32-16)37-15-23(35)33-20-6-2-18(28)3-7-20/h2-13,25,32H,15H2,1H3,(H,33,35)(H,34,36). The van der Waals surface area contributed by atoms with Crippen molar-refractivity contribution in [2.45, 2.75) is 12.8 Å². The molecule has 3 aromatic rings. The lowest BCUT2D eigenvalue weighted by Gasteiger charge is -2.29. The third kappa shape index (κ3) is 6.60. The Labute approximate surface area is 232 Å². The summed E-state index contributed by atoms with van der Waals surface area (Å²) in [6.07, 6.45) is 3.24. The molecular weight excluding hydrogens is 574 g/mol. The van der Waals surface area contributed by atoms with Crippen LogP contribution in [0.25, 0.3) is 0 Å². The zero-order valence-corrected chi connectivity index (χ0v) is 22.7. The summed E-state index contributed by atoms with van der Waals surface area (Å²) < 4.78 is 0.912. The number of nitrogens with one attached hydrogen (secondary N) is 3. The monoisotopic (exact) mass is 593 g/mol. The highest BCUT2D eigenvalue weighted by molar-refractivity contribution is 9.10. The second-order valence-corrected chi connectivity index (χ2v) is 10.4. The molecule has 0 aliphatic carbocycles. The van der Waals surface area contributed by atoms with Gasteiger partial charge in [0, 0.05) is 44.5 Å². The van der Waals surface area contributed by atoms with Crippen LogP contribution in [0.15, 0.2) is 99.4 Å². The van der Waals surface area contributed by atoms with E-state index in [1.807, 2.05) is 12.1 Å². The van der Waals surface area contributed by atoms with Crippen molar-refractivity contribution in [2.24, 2.45) is 0 Å². The Morgan fingerprint density at radius 3 is 2.32 bits per heavy atom. The van der Waals surface area contributed by atoms with E-state index in [1.54, 1.807) is 67.8 Å². The number of hydrogen-bond acceptors (Lipinski definition) is 6. The number of nitrogens with zero attached hydrogens (tertiary/aromatic N) is 2. The van der Waals surface area contributed by atoms with Gasteiger partial charge in [0.25, 0.3) is 5.91 Å². The van der Waals surface area contributed by atoms with Crippen LogP contribution in [0.5, 0.6) is 0 Å². The van der Waals surface area contributed by atoms with Gasteiger partial charge < -0.3 is 16.0 Å². The van der Waals surface area contributed by atoms with Crippen LogP contribution in [0.3, 0.4) is 0 Å². The lowest BCUT2D eigenvalue weighted by Crippen LogP contribution is -2.31. The number of hydrogen-bond donors (Lipinski definition) is 3. The van der Waals surface area contributed by atoms with E-state index in [9.17, 15) is 14.9 Å². The predicted octanol–water partition coefficient (Wildman–Crippen LogP) is 6.20. The molecule has 1 unspecified atom stereocenters. The number of dihydropyridines is 1. The molecule has 186 valence electrons. The van der Waals surface area contributed by atoms with E-state index in [0.717, 1.165) is 10.0 Å². The van der Waals surface area contributed by atoms with Crippen LogP contribution < -0.4 is 16.0 Å². The van der Waals surface area contributed by atoms with E-state index in [1.165, 1.54) is 11.8 Å². The second kappa shape index (κ2) is 12.1. The fourth-order valence-corrected chi connectivity index (χ4v) is 5.10. The summed E-state index contributed by atoms with van der Waals surface area (Å²) in [5, 5.41) is 20.2. The van der Waals surface area contributed by atoms with Gasteiger partial charge in [0.2, 0.25) is 5.91 Å². The van der Waals surface area contributed by atoms with Gasteiger partial charge in [0.1, 0.15) is 0 Å². The van der Waals surface area contributed by atoms with Crippen molar-refractivity contribution in [2.75, 3.05) is 16.4 Å². The maximum Gasteiger partial charge on any atom is 0.254 e. The molecule has 1 atom stereocenters. The van der Waals surface area contributed by atoms with Crippen molar-refractivity contribution < 1.29 is 9.59 Å². The highest BCUT2D eigenvalue weighted by Gasteiger charge is 2.34. The highest BCUT2D eigenvalue weighted by atomic mass is 79.9. The Bertz CT molecular complexity index is 1420. The predicted molar refractivity (Wildman–Crippen MR) is 151 cm³/mol. The molecule has 7 nitrogen and oxygen atoms in total. The quantitative estimate of drug-likeness (QED) is 0.301. The van der Waals surface area contributed by atoms with Crippen molar-refractivity contribution in [3.63, 3.8) is 0 Å². The summed E-state index contributed by atoms with van der Waals surface area (Å²) in [5.74, 6) is -1.13. The molecule has 0 fully saturated rings. The molecule has 4 rings (SSSR count). The first-order valence-electron chi connectivity index (χ1n) is 11.1. The second-order valence-electron chi connectivity index (χ2n) is 8.04. The number of amides is 2. The third-order valence-corrected chi connectivity index (χ3v) is 7.31. The van der Waals surface area contributed by atoms with Crippen molar-refractivity contribution in [3.8, 4) is 6.07 Å². The number of aromatic nitrogens is 1. The zero-order chi connectivity index (χ0) is 26.4. The number of carbonyl (C=O) groups is 2. The van der Waals surface area contributed by atoms with Gasteiger partial charge in [-0.05, 0) is 73.2 Å². The van der Waals surface area contributed by atoms with E-state index in [2.05, 4.69) is 42.9 Å². The molecule has 0 saturated heterocycles. The van der Waals surface area contributed by atoms with Gasteiger partial charge in [-0.2, -0.15) is 5.26 Å². The summed E-state index contributed by atoms with van der Waals surface area (Å²) in [4.78, 5) is 30.1. The molecule has 2 heterocycles. The molecule has 2 amide bonds. The summed E-state index contributed by atoms with van der Waals surface area (Å²) >= 11 is 10.6. The number of carbonyl (C=O) groups excluding carboxylic acids is 2. The van der Waals surface area contributed by atoms with E-state index in [0.29, 0.717) is 38.3 Å². The summed E-state index contributed by atoms with van der Waals surface area (Å²) in [6.45, 7) is 1.78. The Balaban J connectivity index is 1.60. The molecule has 0 radical (unpaired) electrons. The van der Waals surface area contributed by atoms with E-state index < -0.39 is 5.92 Å². The van der Waals surface area contributed by atoms with Crippen LogP contribution in [0.2, 0.25) is 5.02 Å². The van der Waals surface area contributed by atoms with Crippen LogP contribution in [0.4, 0.5) is 11.4 Å². The lowest BCUT2D eigenvalue weighted by atomic mass is 9.82. The number of pyridine rings is 1. The van der Waals surface area contributed by atoms with Crippen molar-refractivity contribution >= 4 is 62.5 Å². The van der Waals surface area contributed by atoms with E-state index in [-0.39, 0.29) is 17.6 Å². The number of halogens is 2. The molecule has 2 aromatic carbocycles. The molecule has 1 aliphatic rings. The Hall–Kier alpha value is -3.58. The minimum absolute atomic E-state index is 0.0756. The van der Waals surface area contributed by atoms with Gasteiger partial charge in [0.15, 0.2) is 0 Å². The summed E-state index contributed by atoms with van der Waals surface area (Å²) in [5.41, 5.74) is 3.33. The zero-order valence-electron chi connectivity index (χ0n) is 19.6. The number of thioether (sulfide) groups is 1. The van der Waals surface area contributed by atoms with Crippen LogP contribution in [-0.2, 0) is 9.59 Å². The number of allylic oxidation sites excluding steroid dienone is 2. The highest BCUT2D eigenvalue weighted by Crippen LogP contribution is 2.40. The molecule has 1 aromatic heterocycles. The molecule has 0 spiro atoms. The maximum atomic E-state index is 13.4. The molecule has 3 N–H and O–H groups in total. The smallest absolute Gasteiger partial charge is 0.254 e. The number of anilines is 2. The minimum atomic E-state index is -0.640. The number of benzene rings is 2. The number of rotatable bonds is 7. The van der Waals surface area contributed by atoms with Gasteiger partial charge in [-0.3, -0.25) is 14.6 Å². The fourth-order valence-electron chi connectivity index (χ4n) is 3.82. The molecule has 10 heteroatoms. The first-order valence-corrected chi connectivity index (χ1v) is 13.3. The lowest BCUT2D eigenvalue weighted by molar-refractivity contribution is -0.114. The molecule has 0 bridgehead atoms. The minimum Gasteiger partial charge on any atom is -0.353 e. The van der Waals surface area contributed by atoms with Crippen LogP contribution in [0.1, 0.15) is 18.4 Å². The Morgan fingerprint density at radius 1 is 1.05 bits per heavy atom. The fraction of sp³-hybridized carbons (Fsp3) is 0.111. The molecule has 0 saturated carbocycles. The van der Waals surface area contributed by atoms with Crippen LogP contribution in [0, 0.1) is 11.3 Å². The van der Waals surface area contributed by atoms with Gasteiger partial charge in [-0.25, -0.2) is 0 Å². The first-order chi connectivity index (χ1) is 17.9. The van der Waals surface area contributed by atoms with Gasteiger partial charge in [0.05, 0.1) is 28.3 Å². The average Bonchev–Trinajstić information content (AvgIpc) is 2.90. The van der Waals surface area contributed by atoms with Crippen LogP contribution in [-0.4, -0.2) is 22.6 Å². The van der Waals surface area contributed by atoms with E-state index in [4.69, 9.17) is 11.6 Å². The van der Waals surface area contributed by atoms with Gasteiger partial charge >= 0.3 is 0 Å². The molecule has 37 heavy (non-hydrogen) atoms. The van der Waals surface area contributed by atoms with Crippen molar-refractivity contribution in [3.05, 3.63) is 110 Å². The van der Waals surface area contributed by atoms with Crippen molar-refractivity contribution in [1.82, 2.24) is 10.3 Å². The summed E-state index contributed by atoms with van der Waals surface area (Å²) in [7, 11) is 0. The topological polar surface area (TPSA) is 107 Å². The number of nitriles is 1. The van der Waals surface area contributed by atoms with Crippen molar-refractivity contribution in [1.29, 1.82) is 5.26 Å². The Morgan fingerprint density at radius 2 is 1.68 bits per heavy atom. The largest absolute Gasteiger partial charge is 0.353 e. The third-order valence-electron chi connectivity index (χ3n) is 5.51. The summed E-state index contributed by atoms with van der Waals surface area (Å²) in [6, 6.07) is 19.9. The molecular formula is C27H21BrClN5O2S. The van der Waals surface area contributed by atoms with Gasteiger partial charge in [-0.15, -0.1) is 0 Å². The normalized spacial score (nSPS) is 15.0. The van der Waals surface area contributed by atoms with Crippen LogP contribution >= 0.6 is 39.3 Å². The SMILES string of the molecule is CC1=C(C(=O)Nc2ccc(Cl)cc2)C(c2ccncc2)C(C#N)=C(SCC(=O)Nc2ccc(Br)cc2)N1. The maximum absolute atomic E-state index is 13.4. The first kappa shape index (κ1) is 26.5. The Kier molecular flexibility index (Phi) is 8.66. The van der Waals surface area contributed by atoms with E-state index >= 15 is 0 Å². The van der Waals surface area contributed by atoms with Gasteiger partial charge in [-0.1, -0.05) is 39.3 Å². The molecule has 1 aliphatic heterocycles.